The molecule has 0 bridgehead atoms. The van der Waals surface area contributed by atoms with Crippen molar-refractivity contribution in [3.8, 4) is 0 Å². The molecule has 0 saturated carbocycles. The fourth-order valence-corrected chi connectivity index (χ4v) is 1.57. The highest BCUT2D eigenvalue weighted by atomic mass is 15.3. The molecule has 0 saturated heterocycles. The number of nitrogen functional groups attached to an aromatic ring is 1. The van der Waals surface area contributed by atoms with Crippen molar-refractivity contribution < 1.29 is 0 Å². The quantitative estimate of drug-likeness (QED) is 0.829. The van der Waals surface area contributed by atoms with Crippen LogP contribution < -0.4 is 15.5 Å². The zero-order chi connectivity index (χ0) is 13.0. The van der Waals surface area contributed by atoms with Crippen molar-refractivity contribution in [3.05, 3.63) is 0 Å². The molecule has 1 aromatic rings. The number of nitrogens with two attached hydrogens (primary N) is 1. The third-order valence-electron chi connectivity index (χ3n) is 2.75. The molecule has 0 aliphatic carbocycles. The lowest BCUT2D eigenvalue weighted by Crippen LogP contribution is -2.34. The smallest absolute Gasteiger partial charge is 0.232 e. The van der Waals surface area contributed by atoms with E-state index in [-0.39, 0.29) is 5.95 Å². The van der Waals surface area contributed by atoms with E-state index in [2.05, 4.69) is 40.6 Å². The van der Waals surface area contributed by atoms with Gasteiger partial charge in [0.25, 0.3) is 0 Å². The van der Waals surface area contributed by atoms with E-state index in [9.17, 15) is 0 Å². The van der Waals surface area contributed by atoms with Crippen molar-refractivity contribution in [3.63, 3.8) is 0 Å². The van der Waals surface area contributed by atoms with Gasteiger partial charge in [-0.3, -0.25) is 0 Å². The minimum atomic E-state index is 0.264. The van der Waals surface area contributed by atoms with Gasteiger partial charge >= 0.3 is 0 Å². The molecular weight excluding hydrogens is 216 g/mol. The van der Waals surface area contributed by atoms with E-state index in [4.69, 9.17) is 5.73 Å². The van der Waals surface area contributed by atoms with Gasteiger partial charge in [-0.1, -0.05) is 6.92 Å². The molecule has 96 valence electrons. The average molecular weight is 238 g/mol. The summed E-state index contributed by atoms with van der Waals surface area (Å²) in [5.74, 6) is 1.51. The summed E-state index contributed by atoms with van der Waals surface area (Å²) in [7, 11) is 3.77. The van der Waals surface area contributed by atoms with Gasteiger partial charge in [0.15, 0.2) is 0 Å². The van der Waals surface area contributed by atoms with Crippen LogP contribution in [0.5, 0.6) is 0 Å². The van der Waals surface area contributed by atoms with Gasteiger partial charge in [-0.15, -0.1) is 0 Å². The van der Waals surface area contributed by atoms with Gasteiger partial charge in [-0.05, 0) is 20.3 Å². The minimum Gasteiger partial charge on any atom is -0.368 e. The molecule has 1 aromatic heterocycles. The predicted octanol–water partition coefficient (Wildman–Crippen LogP) is 1.14. The van der Waals surface area contributed by atoms with Crippen LogP contribution in [0.4, 0.5) is 17.8 Å². The Kier molecular flexibility index (Phi) is 4.48. The summed E-state index contributed by atoms with van der Waals surface area (Å²) in [6, 6.07) is 0.386. The highest BCUT2D eigenvalue weighted by Crippen LogP contribution is 2.16. The Labute approximate surface area is 103 Å². The Bertz CT molecular complexity index is 365. The highest BCUT2D eigenvalue weighted by molar-refractivity contribution is 5.43. The predicted molar refractivity (Wildman–Crippen MR) is 71.3 cm³/mol. The summed E-state index contributed by atoms with van der Waals surface area (Å²) in [6.07, 6.45) is 1.04. The first-order chi connectivity index (χ1) is 7.99. The van der Waals surface area contributed by atoms with Gasteiger partial charge in [0.1, 0.15) is 0 Å². The number of anilines is 3. The van der Waals surface area contributed by atoms with Crippen LogP contribution in [0.15, 0.2) is 0 Å². The van der Waals surface area contributed by atoms with Crippen LogP contribution in [-0.4, -0.2) is 41.6 Å². The van der Waals surface area contributed by atoms with Crippen LogP contribution in [0.2, 0.25) is 0 Å². The van der Waals surface area contributed by atoms with E-state index in [1.54, 1.807) is 0 Å². The third kappa shape index (κ3) is 3.18. The second-order valence-corrected chi connectivity index (χ2v) is 4.23. The Morgan fingerprint density at radius 2 is 1.71 bits per heavy atom. The summed E-state index contributed by atoms with van der Waals surface area (Å²) in [5, 5.41) is 0. The lowest BCUT2D eigenvalue weighted by atomic mass is 10.2. The van der Waals surface area contributed by atoms with Crippen LogP contribution in [0.1, 0.15) is 27.2 Å². The number of nitrogens with zero attached hydrogens (tertiary/aromatic N) is 5. The van der Waals surface area contributed by atoms with Crippen LogP contribution in [0.3, 0.4) is 0 Å². The van der Waals surface area contributed by atoms with E-state index in [0.717, 1.165) is 13.0 Å². The van der Waals surface area contributed by atoms with Crippen molar-refractivity contribution in [1.82, 2.24) is 15.0 Å². The topological polar surface area (TPSA) is 71.2 Å². The fourth-order valence-electron chi connectivity index (χ4n) is 1.57. The second-order valence-electron chi connectivity index (χ2n) is 4.23. The Balaban J connectivity index is 3.11. The number of aromatic nitrogens is 3. The molecular formula is C11H22N6. The molecule has 0 fully saturated rings. The average Bonchev–Trinajstić information content (AvgIpc) is 2.28. The van der Waals surface area contributed by atoms with Crippen LogP contribution in [0.25, 0.3) is 0 Å². The minimum absolute atomic E-state index is 0.264. The maximum absolute atomic E-state index is 5.72. The Morgan fingerprint density at radius 1 is 1.12 bits per heavy atom. The van der Waals surface area contributed by atoms with Crippen molar-refractivity contribution in [1.29, 1.82) is 0 Å². The molecule has 2 N–H and O–H groups in total. The second kappa shape index (κ2) is 5.65. The molecule has 0 aliphatic rings. The summed E-state index contributed by atoms with van der Waals surface area (Å²) in [5.41, 5.74) is 5.72. The van der Waals surface area contributed by atoms with Crippen molar-refractivity contribution >= 4 is 17.8 Å². The van der Waals surface area contributed by atoms with Gasteiger partial charge in [0.2, 0.25) is 17.8 Å². The van der Waals surface area contributed by atoms with Gasteiger partial charge in [-0.25, -0.2) is 0 Å². The van der Waals surface area contributed by atoms with E-state index in [1.807, 2.05) is 19.0 Å². The van der Waals surface area contributed by atoms with Crippen molar-refractivity contribution in [2.75, 3.05) is 36.2 Å². The largest absolute Gasteiger partial charge is 0.368 e. The zero-order valence-corrected chi connectivity index (χ0v) is 11.3. The Hall–Kier alpha value is -1.59. The van der Waals surface area contributed by atoms with Crippen LogP contribution in [0, 0.1) is 0 Å². The molecule has 1 heterocycles. The molecule has 1 atom stereocenters. The summed E-state index contributed by atoms with van der Waals surface area (Å²) >= 11 is 0. The molecule has 1 rings (SSSR count). The highest BCUT2D eigenvalue weighted by Gasteiger charge is 2.16. The lowest BCUT2D eigenvalue weighted by Gasteiger charge is -2.27. The van der Waals surface area contributed by atoms with E-state index < -0.39 is 0 Å². The third-order valence-corrected chi connectivity index (χ3v) is 2.75. The van der Waals surface area contributed by atoms with E-state index in [0.29, 0.717) is 17.9 Å². The molecule has 6 nitrogen and oxygen atoms in total. The van der Waals surface area contributed by atoms with Gasteiger partial charge in [0, 0.05) is 26.7 Å². The first-order valence-electron chi connectivity index (χ1n) is 5.95. The molecule has 17 heavy (non-hydrogen) atoms. The molecule has 0 aliphatic heterocycles. The lowest BCUT2D eigenvalue weighted by molar-refractivity contribution is 0.613. The van der Waals surface area contributed by atoms with Gasteiger partial charge in [0.05, 0.1) is 0 Å². The molecule has 1 unspecified atom stereocenters. The van der Waals surface area contributed by atoms with Crippen LogP contribution >= 0.6 is 0 Å². The van der Waals surface area contributed by atoms with E-state index in [1.165, 1.54) is 0 Å². The first kappa shape index (κ1) is 13.5. The van der Waals surface area contributed by atoms with E-state index >= 15 is 0 Å². The number of rotatable bonds is 5. The summed E-state index contributed by atoms with van der Waals surface area (Å²) < 4.78 is 0. The molecule has 0 spiro atoms. The monoisotopic (exact) mass is 238 g/mol. The van der Waals surface area contributed by atoms with Crippen LogP contribution in [-0.2, 0) is 0 Å². The maximum Gasteiger partial charge on any atom is 0.232 e. The summed E-state index contributed by atoms with van der Waals surface area (Å²) in [6.45, 7) is 7.23. The summed E-state index contributed by atoms with van der Waals surface area (Å²) in [4.78, 5) is 16.7. The number of hydrogen-bond donors (Lipinski definition) is 1. The molecule has 0 radical (unpaired) electrons. The molecule has 0 aromatic carbocycles. The molecule has 0 amide bonds. The van der Waals surface area contributed by atoms with Crippen molar-refractivity contribution in [2.45, 2.75) is 33.2 Å². The molecule has 6 heteroatoms. The first-order valence-corrected chi connectivity index (χ1v) is 5.95. The SMILES string of the molecule is CCC(C)N(CC)c1nc(N)nc(N(C)C)n1. The zero-order valence-electron chi connectivity index (χ0n) is 11.3. The fraction of sp³-hybridized carbons (Fsp3) is 0.727. The van der Waals surface area contributed by atoms with Crippen molar-refractivity contribution in [2.24, 2.45) is 0 Å². The Morgan fingerprint density at radius 3 is 2.18 bits per heavy atom. The standard InChI is InChI=1S/C11H22N6/c1-6-8(3)17(7-2)11-14-9(12)13-10(15-11)16(4)5/h8H,6-7H2,1-5H3,(H2,12,13,14,15). The number of hydrogen-bond acceptors (Lipinski definition) is 6. The van der Waals surface area contributed by atoms with Gasteiger partial charge in [-0.2, -0.15) is 15.0 Å². The maximum atomic E-state index is 5.72. The van der Waals surface area contributed by atoms with Gasteiger partial charge < -0.3 is 15.5 Å². The normalized spacial score (nSPS) is 12.3.